The van der Waals surface area contributed by atoms with Crippen LogP contribution in [0.2, 0.25) is 5.02 Å². The minimum Gasteiger partial charge on any atom is -0.323 e. The first-order valence-electron chi connectivity index (χ1n) is 7.76. The van der Waals surface area contributed by atoms with Crippen molar-refractivity contribution in [2.45, 2.75) is 12.5 Å². The van der Waals surface area contributed by atoms with E-state index in [-0.39, 0.29) is 0 Å². The molecule has 0 bridgehead atoms. The van der Waals surface area contributed by atoms with Gasteiger partial charge in [0.15, 0.2) is 0 Å². The lowest BCUT2D eigenvalue weighted by Gasteiger charge is -2.22. The second kappa shape index (κ2) is 7.09. The van der Waals surface area contributed by atoms with E-state index in [1.165, 1.54) is 0 Å². The zero-order chi connectivity index (χ0) is 18.9. The highest BCUT2D eigenvalue weighted by molar-refractivity contribution is 9.10. The highest BCUT2D eigenvalue weighted by Crippen LogP contribution is 2.30. The van der Waals surface area contributed by atoms with E-state index in [1.54, 1.807) is 49.4 Å². The lowest BCUT2D eigenvalue weighted by Crippen LogP contribution is -2.42. The van der Waals surface area contributed by atoms with Crippen molar-refractivity contribution in [3.8, 4) is 0 Å². The molecule has 1 unspecified atom stereocenters. The maximum Gasteiger partial charge on any atom is 0.325 e. The van der Waals surface area contributed by atoms with Crippen molar-refractivity contribution >= 4 is 51.1 Å². The summed E-state index contributed by atoms with van der Waals surface area (Å²) < 4.78 is 0.785. The second-order valence-electron chi connectivity index (χ2n) is 5.98. The number of halogens is 2. The highest BCUT2D eigenvalue weighted by atomic mass is 79.9. The summed E-state index contributed by atoms with van der Waals surface area (Å²) >= 11 is 9.36. The van der Waals surface area contributed by atoms with Gasteiger partial charge in [-0.15, -0.1) is 0 Å². The summed E-state index contributed by atoms with van der Waals surface area (Å²) in [5.41, 5.74) is -0.189. The molecule has 2 N–H and O–H groups in total. The lowest BCUT2D eigenvalue weighted by atomic mass is 9.92. The largest absolute Gasteiger partial charge is 0.325 e. The molecule has 1 heterocycles. The van der Waals surface area contributed by atoms with Gasteiger partial charge in [-0.3, -0.25) is 14.5 Å². The number of rotatable bonds is 4. The minimum absolute atomic E-state index is 0.372. The molecule has 26 heavy (non-hydrogen) atoms. The number of nitrogens with one attached hydrogen (secondary N) is 2. The van der Waals surface area contributed by atoms with Crippen LogP contribution in [0, 0.1) is 0 Å². The molecule has 4 amide bonds. The van der Waals surface area contributed by atoms with E-state index in [1.807, 2.05) is 6.07 Å². The summed E-state index contributed by atoms with van der Waals surface area (Å²) in [5.74, 6) is -1.00. The number of imide groups is 1. The molecule has 2 aromatic rings. The average Bonchev–Trinajstić information content (AvgIpc) is 2.81. The van der Waals surface area contributed by atoms with Crippen LogP contribution in [0.1, 0.15) is 12.5 Å². The Morgan fingerprint density at radius 1 is 1.23 bits per heavy atom. The SMILES string of the molecule is CC1(c2cccc(Br)c2)NC(=O)N(CC(=O)Nc2ccccc2Cl)C1=O. The highest BCUT2D eigenvalue weighted by Gasteiger charge is 2.49. The fourth-order valence-corrected chi connectivity index (χ4v) is 3.31. The monoisotopic (exact) mass is 435 g/mol. The fraction of sp³-hybridized carbons (Fsp3) is 0.167. The van der Waals surface area contributed by atoms with Gasteiger partial charge >= 0.3 is 6.03 Å². The van der Waals surface area contributed by atoms with E-state index in [0.29, 0.717) is 16.3 Å². The molecule has 0 saturated carbocycles. The zero-order valence-corrected chi connectivity index (χ0v) is 16.1. The van der Waals surface area contributed by atoms with Gasteiger partial charge in [0, 0.05) is 4.47 Å². The first kappa shape index (κ1) is 18.4. The number of anilines is 1. The molecule has 1 saturated heterocycles. The number of para-hydroxylation sites is 1. The molecule has 0 radical (unpaired) electrons. The zero-order valence-electron chi connectivity index (χ0n) is 13.8. The van der Waals surface area contributed by atoms with Gasteiger partial charge in [-0.05, 0) is 36.8 Å². The molecule has 1 fully saturated rings. The van der Waals surface area contributed by atoms with Crippen molar-refractivity contribution in [2.24, 2.45) is 0 Å². The second-order valence-corrected chi connectivity index (χ2v) is 7.31. The molecule has 1 aliphatic heterocycles. The Morgan fingerprint density at radius 2 is 1.96 bits per heavy atom. The van der Waals surface area contributed by atoms with Gasteiger partial charge in [0.05, 0.1) is 10.7 Å². The summed E-state index contributed by atoms with van der Waals surface area (Å²) in [6.45, 7) is 1.21. The Balaban J connectivity index is 1.77. The third-order valence-corrected chi connectivity index (χ3v) is 4.95. The normalized spacial score (nSPS) is 19.4. The summed E-state index contributed by atoms with van der Waals surface area (Å²) in [6, 6.07) is 13.2. The molecule has 0 aliphatic carbocycles. The van der Waals surface area contributed by atoms with Gasteiger partial charge in [0.2, 0.25) is 5.91 Å². The van der Waals surface area contributed by atoms with Crippen LogP contribution in [0.4, 0.5) is 10.5 Å². The average molecular weight is 437 g/mol. The number of amides is 4. The van der Waals surface area contributed by atoms with Gasteiger partial charge < -0.3 is 10.6 Å². The van der Waals surface area contributed by atoms with Crippen molar-refractivity contribution in [3.05, 3.63) is 63.6 Å². The van der Waals surface area contributed by atoms with E-state index >= 15 is 0 Å². The molecule has 1 atom stereocenters. The van der Waals surface area contributed by atoms with E-state index < -0.39 is 29.9 Å². The van der Waals surface area contributed by atoms with Crippen LogP contribution in [0.3, 0.4) is 0 Å². The van der Waals surface area contributed by atoms with Crippen molar-refractivity contribution in [3.63, 3.8) is 0 Å². The lowest BCUT2D eigenvalue weighted by molar-refractivity contribution is -0.133. The van der Waals surface area contributed by atoms with E-state index in [9.17, 15) is 14.4 Å². The molecule has 1 aliphatic rings. The van der Waals surface area contributed by atoms with E-state index in [4.69, 9.17) is 11.6 Å². The molecule has 2 aromatic carbocycles. The van der Waals surface area contributed by atoms with Gasteiger partial charge in [-0.1, -0.05) is 51.8 Å². The van der Waals surface area contributed by atoms with Gasteiger partial charge in [0.25, 0.3) is 5.91 Å². The summed E-state index contributed by atoms with van der Waals surface area (Å²) in [7, 11) is 0. The van der Waals surface area contributed by atoms with Gasteiger partial charge in [-0.2, -0.15) is 0 Å². The molecule has 3 rings (SSSR count). The van der Waals surface area contributed by atoms with Crippen LogP contribution in [0.5, 0.6) is 0 Å². The van der Waals surface area contributed by atoms with Crippen LogP contribution in [-0.2, 0) is 15.1 Å². The van der Waals surface area contributed by atoms with Gasteiger partial charge in [0.1, 0.15) is 12.1 Å². The van der Waals surface area contributed by atoms with Crippen molar-refractivity contribution in [2.75, 3.05) is 11.9 Å². The molecule has 0 aromatic heterocycles. The Bertz CT molecular complexity index is 905. The number of benzene rings is 2. The molecule has 134 valence electrons. The predicted octanol–water partition coefficient (Wildman–Crippen LogP) is 3.51. The number of nitrogens with zero attached hydrogens (tertiary/aromatic N) is 1. The third-order valence-electron chi connectivity index (χ3n) is 4.13. The summed E-state index contributed by atoms with van der Waals surface area (Å²) in [6.07, 6.45) is 0. The molecular formula is C18H15BrClN3O3. The number of carbonyl (C=O) groups is 3. The number of hydrogen-bond acceptors (Lipinski definition) is 3. The number of hydrogen-bond donors (Lipinski definition) is 2. The molecule has 0 spiro atoms. The number of urea groups is 1. The van der Waals surface area contributed by atoms with E-state index in [2.05, 4.69) is 26.6 Å². The minimum atomic E-state index is -1.23. The van der Waals surface area contributed by atoms with Crippen LogP contribution in [0.25, 0.3) is 0 Å². The van der Waals surface area contributed by atoms with Crippen molar-refractivity contribution in [1.29, 1.82) is 0 Å². The maximum atomic E-state index is 12.8. The smallest absolute Gasteiger partial charge is 0.323 e. The first-order chi connectivity index (χ1) is 12.3. The maximum absolute atomic E-state index is 12.8. The first-order valence-corrected chi connectivity index (χ1v) is 8.93. The Hall–Kier alpha value is -2.38. The molecule has 6 nitrogen and oxygen atoms in total. The van der Waals surface area contributed by atoms with Crippen LogP contribution in [-0.4, -0.2) is 29.3 Å². The summed E-state index contributed by atoms with van der Waals surface area (Å²) in [5, 5.41) is 5.64. The van der Waals surface area contributed by atoms with Crippen molar-refractivity contribution in [1.82, 2.24) is 10.2 Å². The van der Waals surface area contributed by atoms with Gasteiger partial charge in [-0.25, -0.2) is 4.79 Å². The molecular weight excluding hydrogens is 422 g/mol. The topological polar surface area (TPSA) is 78.5 Å². The Morgan fingerprint density at radius 3 is 2.65 bits per heavy atom. The predicted molar refractivity (Wildman–Crippen MR) is 102 cm³/mol. The standard InChI is InChI=1S/C18H15BrClN3O3/c1-18(11-5-4-6-12(19)9-11)16(25)23(17(26)22-18)10-15(24)21-14-8-3-2-7-13(14)20/h2-9H,10H2,1H3,(H,21,24)(H,22,26). The summed E-state index contributed by atoms with van der Waals surface area (Å²) in [4.78, 5) is 38.3. The third kappa shape index (κ3) is 3.45. The quantitative estimate of drug-likeness (QED) is 0.720. The van der Waals surface area contributed by atoms with E-state index in [0.717, 1.165) is 9.37 Å². The Kier molecular flexibility index (Phi) is 5.02. The van der Waals surface area contributed by atoms with Crippen molar-refractivity contribution < 1.29 is 14.4 Å². The van der Waals surface area contributed by atoms with Crippen LogP contribution >= 0.6 is 27.5 Å². The fourth-order valence-electron chi connectivity index (χ4n) is 2.73. The van der Waals surface area contributed by atoms with Crippen LogP contribution in [0.15, 0.2) is 53.0 Å². The van der Waals surface area contributed by atoms with Crippen LogP contribution < -0.4 is 10.6 Å². The number of carbonyl (C=O) groups excluding carboxylic acids is 3. The Labute approximate surface area is 163 Å². The molecule has 8 heteroatoms.